The van der Waals surface area contributed by atoms with E-state index in [-0.39, 0.29) is 18.1 Å². The Labute approximate surface area is 108 Å². The highest BCUT2D eigenvalue weighted by molar-refractivity contribution is 4.91. The van der Waals surface area contributed by atoms with Crippen LogP contribution in [0.25, 0.3) is 0 Å². The van der Waals surface area contributed by atoms with E-state index in [4.69, 9.17) is 5.73 Å². The van der Waals surface area contributed by atoms with Gasteiger partial charge in [0.15, 0.2) is 0 Å². The van der Waals surface area contributed by atoms with Crippen molar-refractivity contribution in [2.24, 2.45) is 11.7 Å². The molecule has 0 radical (unpaired) electrons. The third kappa shape index (κ3) is 4.43. The summed E-state index contributed by atoms with van der Waals surface area (Å²) in [5, 5.41) is 0. The average Bonchev–Trinajstić information content (AvgIpc) is 2.25. The number of nitrogens with two attached hydrogens (primary N) is 1. The Morgan fingerprint density at radius 3 is 2.33 bits per heavy atom. The lowest BCUT2D eigenvalue weighted by molar-refractivity contribution is -0.158. The highest BCUT2D eigenvalue weighted by atomic mass is 19.4. The Morgan fingerprint density at radius 1 is 1.28 bits per heavy atom. The largest absolute Gasteiger partial charge is 0.401 e. The number of alkyl halides is 3. The molecule has 0 aromatic heterocycles. The van der Waals surface area contributed by atoms with E-state index in [1.807, 2.05) is 13.8 Å². The van der Waals surface area contributed by atoms with Crippen LogP contribution in [0.1, 0.15) is 46.5 Å². The van der Waals surface area contributed by atoms with Crippen LogP contribution in [0.3, 0.4) is 0 Å². The van der Waals surface area contributed by atoms with E-state index in [0.29, 0.717) is 5.92 Å². The zero-order chi connectivity index (χ0) is 13.9. The van der Waals surface area contributed by atoms with Gasteiger partial charge in [-0.15, -0.1) is 0 Å². The van der Waals surface area contributed by atoms with Crippen LogP contribution in [-0.4, -0.2) is 35.7 Å². The van der Waals surface area contributed by atoms with Crippen LogP contribution in [0.4, 0.5) is 13.2 Å². The lowest BCUT2D eigenvalue weighted by atomic mass is 9.80. The first-order valence-corrected chi connectivity index (χ1v) is 6.82. The Hall–Kier alpha value is -0.290. The molecule has 1 aliphatic rings. The second-order valence-electron chi connectivity index (χ2n) is 5.70. The third-order valence-electron chi connectivity index (χ3n) is 4.01. The Morgan fingerprint density at radius 2 is 1.89 bits per heavy atom. The van der Waals surface area contributed by atoms with Crippen LogP contribution in [-0.2, 0) is 0 Å². The van der Waals surface area contributed by atoms with Crippen molar-refractivity contribution in [3.8, 4) is 0 Å². The molecule has 3 atom stereocenters. The number of hydrogen-bond donors (Lipinski definition) is 1. The molecular weight excluding hydrogens is 241 g/mol. The van der Waals surface area contributed by atoms with Crippen LogP contribution in [0.5, 0.6) is 0 Å². The maximum Gasteiger partial charge on any atom is 0.401 e. The molecule has 0 saturated heterocycles. The number of halogens is 3. The molecule has 0 aromatic carbocycles. The predicted octanol–water partition coefficient (Wildman–Crippen LogP) is 3.17. The van der Waals surface area contributed by atoms with Gasteiger partial charge in [0, 0.05) is 18.1 Å². The highest BCUT2D eigenvalue weighted by Crippen LogP contribution is 2.31. The van der Waals surface area contributed by atoms with Gasteiger partial charge in [-0.1, -0.05) is 13.3 Å². The van der Waals surface area contributed by atoms with E-state index in [1.54, 1.807) is 0 Å². The molecule has 1 aliphatic carbocycles. The van der Waals surface area contributed by atoms with Crippen LogP contribution >= 0.6 is 0 Å². The Balaban J connectivity index is 2.76. The van der Waals surface area contributed by atoms with Crippen molar-refractivity contribution in [2.75, 3.05) is 6.54 Å². The Bertz CT molecular complexity index is 253. The van der Waals surface area contributed by atoms with Crippen LogP contribution in [0.2, 0.25) is 0 Å². The van der Waals surface area contributed by atoms with Crippen molar-refractivity contribution in [3.05, 3.63) is 0 Å². The van der Waals surface area contributed by atoms with Gasteiger partial charge in [0.05, 0.1) is 6.54 Å². The van der Waals surface area contributed by atoms with Crippen molar-refractivity contribution in [3.63, 3.8) is 0 Å². The molecule has 1 rings (SSSR count). The molecular formula is C13H25F3N2. The molecule has 18 heavy (non-hydrogen) atoms. The number of rotatable bonds is 4. The maximum atomic E-state index is 12.6. The standard InChI is InChI=1S/C13H25F3N2/c1-4-10-5-6-11(17)12(7-10)18(9(2)3)8-13(14,15)16/h9-12H,4-8,17H2,1-3H3. The van der Waals surface area contributed by atoms with Gasteiger partial charge in [-0.3, -0.25) is 4.90 Å². The van der Waals surface area contributed by atoms with Gasteiger partial charge in [-0.2, -0.15) is 13.2 Å². The summed E-state index contributed by atoms with van der Waals surface area (Å²) in [6, 6.07) is -0.388. The second-order valence-corrected chi connectivity index (χ2v) is 5.70. The summed E-state index contributed by atoms with van der Waals surface area (Å²) < 4.78 is 37.9. The average molecular weight is 266 g/mol. The monoisotopic (exact) mass is 266 g/mol. The lowest BCUT2D eigenvalue weighted by Crippen LogP contribution is -2.55. The first-order valence-electron chi connectivity index (χ1n) is 6.82. The lowest BCUT2D eigenvalue weighted by Gasteiger charge is -2.43. The van der Waals surface area contributed by atoms with Gasteiger partial charge < -0.3 is 5.73 Å². The van der Waals surface area contributed by atoms with Gasteiger partial charge in [-0.25, -0.2) is 0 Å². The molecule has 0 spiro atoms. The molecule has 1 saturated carbocycles. The molecule has 0 aliphatic heterocycles. The summed E-state index contributed by atoms with van der Waals surface area (Å²) in [4.78, 5) is 1.53. The molecule has 1 fully saturated rings. The van der Waals surface area contributed by atoms with Crippen molar-refractivity contribution in [2.45, 2.75) is 70.8 Å². The van der Waals surface area contributed by atoms with Crippen molar-refractivity contribution >= 4 is 0 Å². The minimum Gasteiger partial charge on any atom is -0.326 e. The van der Waals surface area contributed by atoms with Crippen molar-refractivity contribution < 1.29 is 13.2 Å². The summed E-state index contributed by atoms with van der Waals surface area (Å²) in [5.41, 5.74) is 6.04. The topological polar surface area (TPSA) is 29.3 Å². The molecule has 0 heterocycles. The second kappa shape index (κ2) is 6.24. The maximum absolute atomic E-state index is 12.6. The molecule has 0 amide bonds. The minimum atomic E-state index is -4.15. The summed E-state index contributed by atoms with van der Waals surface area (Å²) in [7, 11) is 0. The van der Waals surface area contributed by atoms with E-state index < -0.39 is 12.7 Å². The summed E-state index contributed by atoms with van der Waals surface area (Å²) in [6.45, 7) is 4.88. The van der Waals surface area contributed by atoms with Crippen LogP contribution in [0.15, 0.2) is 0 Å². The van der Waals surface area contributed by atoms with Crippen molar-refractivity contribution in [1.82, 2.24) is 4.90 Å². The fourth-order valence-electron chi connectivity index (χ4n) is 2.90. The molecule has 5 heteroatoms. The van der Waals surface area contributed by atoms with E-state index in [1.165, 1.54) is 4.90 Å². The van der Waals surface area contributed by atoms with Gasteiger partial charge >= 0.3 is 6.18 Å². The smallest absolute Gasteiger partial charge is 0.326 e. The molecule has 0 aromatic rings. The first kappa shape index (κ1) is 15.8. The van der Waals surface area contributed by atoms with Gasteiger partial charge in [0.25, 0.3) is 0 Å². The van der Waals surface area contributed by atoms with Gasteiger partial charge in [0.1, 0.15) is 0 Å². The summed E-state index contributed by atoms with van der Waals surface area (Å²) in [6.07, 6.45) is -0.438. The predicted molar refractivity (Wildman–Crippen MR) is 67.3 cm³/mol. The third-order valence-corrected chi connectivity index (χ3v) is 4.01. The zero-order valence-electron chi connectivity index (χ0n) is 11.5. The molecule has 2 N–H and O–H groups in total. The zero-order valence-corrected chi connectivity index (χ0v) is 11.5. The van der Waals surface area contributed by atoms with Crippen LogP contribution < -0.4 is 5.73 Å². The SMILES string of the molecule is CCC1CCC(N)C(N(CC(F)(F)F)C(C)C)C1. The summed E-state index contributed by atoms with van der Waals surface area (Å²) in [5.74, 6) is 0.518. The van der Waals surface area contributed by atoms with E-state index in [9.17, 15) is 13.2 Å². The Kier molecular flexibility index (Phi) is 5.46. The molecule has 0 bridgehead atoms. The molecule has 108 valence electrons. The van der Waals surface area contributed by atoms with Crippen LogP contribution in [0, 0.1) is 5.92 Å². The summed E-state index contributed by atoms with van der Waals surface area (Å²) >= 11 is 0. The quantitative estimate of drug-likeness (QED) is 0.847. The normalized spacial score (nSPS) is 30.2. The van der Waals surface area contributed by atoms with E-state index >= 15 is 0 Å². The van der Waals surface area contributed by atoms with E-state index in [0.717, 1.165) is 25.7 Å². The molecule has 3 unspecified atom stereocenters. The molecule has 2 nitrogen and oxygen atoms in total. The van der Waals surface area contributed by atoms with Gasteiger partial charge in [-0.05, 0) is 39.0 Å². The first-order chi connectivity index (χ1) is 8.24. The minimum absolute atomic E-state index is 0.127. The van der Waals surface area contributed by atoms with Gasteiger partial charge in [0.2, 0.25) is 0 Å². The fourth-order valence-corrected chi connectivity index (χ4v) is 2.90. The van der Waals surface area contributed by atoms with Crippen molar-refractivity contribution in [1.29, 1.82) is 0 Å². The number of hydrogen-bond acceptors (Lipinski definition) is 2. The number of nitrogens with zero attached hydrogens (tertiary/aromatic N) is 1. The fraction of sp³-hybridized carbons (Fsp3) is 1.00. The highest BCUT2D eigenvalue weighted by Gasteiger charge is 2.39. The van der Waals surface area contributed by atoms with E-state index in [2.05, 4.69) is 6.92 Å².